The molecule has 0 radical (unpaired) electrons. The highest BCUT2D eigenvalue weighted by molar-refractivity contribution is 5.89. The van der Waals surface area contributed by atoms with Gasteiger partial charge in [-0.25, -0.2) is 4.79 Å². The van der Waals surface area contributed by atoms with Gasteiger partial charge in [-0.2, -0.15) is 4.98 Å². The second-order valence-corrected chi connectivity index (χ2v) is 4.94. The minimum atomic E-state index is -0.858. The number of rotatable bonds is 3. The molecule has 6 nitrogen and oxygen atoms in total. The lowest BCUT2D eigenvalue weighted by atomic mass is 9.94. The number of hydrogen-bond acceptors (Lipinski definition) is 5. The van der Waals surface area contributed by atoms with Crippen molar-refractivity contribution in [2.24, 2.45) is 0 Å². The fourth-order valence-electron chi connectivity index (χ4n) is 2.60. The minimum Gasteiger partial charge on any atom is -0.478 e. The summed E-state index contributed by atoms with van der Waals surface area (Å²) < 4.78 is 5.12. The maximum Gasteiger partial charge on any atom is 0.335 e. The van der Waals surface area contributed by atoms with E-state index in [1.807, 2.05) is 6.07 Å². The lowest BCUT2D eigenvalue weighted by Gasteiger charge is -2.28. The summed E-state index contributed by atoms with van der Waals surface area (Å²) in [6, 6.07) is 5.44. The van der Waals surface area contributed by atoms with Gasteiger partial charge in [-0.15, -0.1) is 0 Å². The first-order chi connectivity index (χ1) is 9.63. The van der Waals surface area contributed by atoms with Crippen molar-refractivity contribution in [2.75, 3.05) is 6.54 Å². The molecule has 3 rings (SSSR count). The predicted octanol–water partition coefficient (Wildman–Crippen LogP) is 1.63. The van der Waals surface area contributed by atoms with E-state index in [9.17, 15) is 9.90 Å². The molecule has 1 aromatic heterocycles. The summed E-state index contributed by atoms with van der Waals surface area (Å²) in [4.78, 5) is 17.6. The van der Waals surface area contributed by atoms with Crippen LogP contribution in [0.3, 0.4) is 0 Å². The number of carbonyl (C=O) groups is 1. The molecule has 0 bridgehead atoms. The second-order valence-electron chi connectivity index (χ2n) is 4.94. The van der Waals surface area contributed by atoms with Crippen molar-refractivity contribution in [3.05, 3.63) is 46.6 Å². The molecule has 0 atom stereocenters. The molecule has 1 aromatic carbocycles. The van der Waals surface area contributed by atoms with Crippen LogP contribution in [-0.2, 0) is 19.5 Å². The van der Waals surface area contributed by atoms with Crippen molar-refractivity contribution in [1.29, 1.82) is 0 Å². The van der Waals surface area contributed by atoms with E-state index < -0.39 is 5.97 Å². The van der Waals surface area contributed by atoms with Gasteiger partial charge in [0.1, 0.15) is 0 Å². The van der Waals surface area contributed by atoms with Gasteiger partial charge in [0.15, 0.2) is 5.82 Å². The van der Waals surface area contributed by atoms with Crippen LogP contribution in [0.2, 0.25) is 0 Å². The molecule has 1 aliphatic rings. The van der Waals surface area contributed by atoms with Gasteiger partial charge in [-0.3, -0.25) is 4.90 Å². The molecule has 0 fully saturated rings. The average molecular weight is 273 g/mol. The maximum atomic E-state index is 11.2. The predicted molar refractivity (Wildman–Crippen MR) is 70.3 cm³/mol. The zero-order chi connectivity index (χ0) is 14.1. The van der Waals surface area contributed by atoms with E-state index in [0.29, 0.717) is 30.4 Å². The fourth-order valence-corrected chi connectivity index (χ4v) is 2.60. The van der Waals surface area contributed by atoms with E-state index in [2.05, 4.69) is 15.0 Å². The van der Waals surface area contributed by atoms with Gasteiger partial charge in [0.05, 0.1) is 12.1 Å². The molecule has 0 aliphatic carbocycles. The number of aromatic carboxylic acids is 1. The lowest BCUT2D eigenvalue weighted by molar-refractivity contribution is 0.0694. The quantitative estimate of drug-likeness (QED) is 0.915. The van der Waals surface area contributed by atoms with E-state index in [-0.39, 0.29) is 0 Å². The Morgan fingerprint density at radius 2 is 2.35 bits per heavy atom. The van der Waals surface area contributed by atoms with Crippen LogP contribution in [0.15, 0.2) is 22.7 Å². The van der Waals surface area contributed by atoms with Crippen LogP contribution in [0, 0.1) is 6.92 Å². The second kappa shape index (κ2) is 5.05. The van der Waals surface area contributed by atoms with Gasteiger partial charge in [0.2, 0.25) is 5.89 Å². The first-order valence-corrected chi connectivity index (χ1v) is 6.49. The molecule has 0 amide bonds. The van der Waals surface area contributed by atoms with Gasteiger partial charge < -0.3 is 9.63 Å². The van der Waals surface area contributed by atoms with E-state index in [4.69, 9.17) is 4.52 Å². The monoisotopic (exact) mass is 273 g/mol. The molecule has 0 unspecified atom stereocenters. The van der Waals surface area contributed by atoms with Gasteiger partial charge in [-0.1, -0.05) is 17.3 Å². The number of hydrogen-bond donors (Lipinski definition) is 1. The maximum absolute atomic E-state index is 11.2. The van der Waals surface area contributed by atoms with E-state index in [0.717, 1.165) is 24.1 Å². The van der Waals surface area contributed by atoms with Crippen LogP contribution in [0.1, 0.15) is 33.2 Å². The third kappa shape index (κ3) is 2.42. The van der Waals surface area contributed by atoms with E-state index in [1.54, 1.807) is 19.1 Å². The summed E-state index contributed by atoms with van der Waals surface area (Å²) >= 11 is 0. The normalized spacial score (nSPS) is 15.1. The van der Waals surface area contributed by atoms with E-state index >= 15 is 0 Å². The van der Waals surface area contributed by atoms with Gasteiger partial charge in [0.25, 0.3) is 0 Å². The highest BCUT2D eigenvalue weighted by atomic mass is 16.5. The molecule has 0 saturated heterocycles. The number of nitrogens with zero attached hydrogens (tertiary/aromatic N) is 3. The smallest absolute Gasteiger partial charge is 0.335 e. The SMILES string of the molecule is Cc1noc(CN2CCc3c(cccc3C(=O)O)C2)n1. The first-order valence-electron chi connectivity index (χ1n) is 6.49. The zero-order valence-corrected chi connectivity index (χ0v) is 11.2. The molecule has 1 N–H and O–H groups in total. The summed E-state index contributed by atoms with van der Waals surface area (Å²) in [7, 11) is 0. The summed E-state index contributed by atoms with van der Waals surface area (Å²) in [6.45, 7) is 3.88. The van der Waals surface area contributed by atoms with Crippen LogP contribution >= 0.6 is 0 Å². The summed E-state index contributed by atoms with van der Waals surface area (Å²) in [5.41, 5.74) is 2.42. The Bertz CT molecular complexity index is 651. The summed E-state index contributed by atoms with van der Waals surface area (Å²) in [5, 5.41) is 13.0. The van der Waals surface area contributed by atoms with Crippen LogP contribution in [-0.4, -0.2) is 32.7 Å². The molecule has 2 aromatic rings. The van der Waals surface area contributed by atoms with Gasteiger partial charge in [0, 0.05) is 13.1 Å². The van der Waals surface area contributed by atoms with E-state index in [1.165, 1.54) is 0 Å². The fraction of sp³-hybridized carbons (Fsp3) is 0.357. The molecule has 0 spiro atoms. The zero-order valence-electron chi connectivity index (χ0n) is 11.2. The van der Waals surface area contributed by atoms with Gasteiger partial charge >= 0.3 is 5.97 Å². The number of carboxylic acids is 1. The van der Waals surface area contributed by atoms with Crippen molar-refractivity contribution in [2.45, 2.75) is 26.4 Å². The molecule has 6 heteroatoms. The molecular weight excluding hydrogens is 258 g/mol. The number of aryl methyl sites for hydroxylation is 1. The molecular formula is C14H15N3O3. The minimum absolute atomic E-state index is 0.413. The lowest BCUT2D eigenvalue weighted by Crippen LogP contribution is -2.31. The Balaban J connectivity index is 1.79. The Morgan fingerprint density at radius 3 is 3.05 bits per heavy atom. The van der Waals surface area contributed by atoms with Crippen molar-refractivity contribution in [3.8, 4) is 0 Å². The largest absolute Gasteiger partial charge is 0.478 e. The van der Waals surface area contributed by atoms with Gasteiger partial charge in [-0.05, 0) is 30.5 Å². The topological polar surface area (TPSA) is 79.5 Å². The van der Waals surface area contributed by atoms with Crippen LogP contribution in [0.5, 0.6) is 0 Å². The number of carboxylic acid groups (broad SMARTS) is 1. The van der Waals surface area contributed by atoms with Crippen LogP contribution in [0.25, 0.3) is 0 Å². The average Bonchev–Trinajstić information content (AvgIpc) is 2.83. The third-order valence-corrected chi connectivity index (χ3v) is 3.50. The Labute approximate surface area is 116 Å². The van der Waals surface area contributed by atoms with Crippen molar-refractivity contribution >= 4 is 5.97 Å². The highest BCUT2D eigenvalue weighted by Crippen LogP contribution is 2.23. The summed E-state index contributed by atoms with van der Waals surface area (Å²) in [6.07, 6.45) is 0.727. The molecule has 1 aliphatic heterocycles. The Morgan fingerprint density at radius 1 is 1.50 bits per heavy atom. The first kappa shape index (κ1) is 12.8. The Kier molecular flexibility index (Phi) is 3.23. The molecule has 104 valence electrons. The van der Waals surface area contributed by atoms with Crippen LogP contribution in [0.4, 0.5) is 0 Å². The highest BCUT2D eigenvalue weighted by Gasteiger charge is 2.22. The van der Waals surface area contributed by atoms with Crippen LogP contribution < -0.4 is 0 Å². The third-order valence-electron chi connectivity index (χ3n) is 3.50. The Hall–Kier alpha value is -2.21. The van der Waals surface area contributed by atoms with Crippen molar-refractivity contribution < 1.29 is 14.4 Å². The molecule has 2 heterocycles. The number of aromatic nitrogens is 2. The summed E-state index contributed by atoms with van der Waals surface area (Å²) in [5.74, 6) is 0.369. The number of fused-ring (bicyclic) bond motifs is 1. The standard InChI is InChI=1S/C14H15N3O3/c1-9-15-13(20-16-9)8-17-6-5-11-10(7-17)3-2-4-12(11)14(18)19/h2-4H,5-8H2,1H3,(H,18,19). The van der Waals surface area contributed by atoms with Crippen molar-refractivity contribution in [1.82, 2.24) is 15.0 Å². The molecule has 20 heavy (non-hydrogen) atoms. The molecule has 0 saturated carbocycles. The number of benzene rings is 1. The van der Waals surface area contributed by atoms with Crippen molar-refractivity contribution in [3.63, 3.8) is 0 Å².